The predicted octanol–water partition coefficient (Wildman–Crippen LogP) is 5.59. The van der Waals surface area contributed by atoms with E-state index in [4.69, 9.17) is 0 Å². The van der Waals surface area contributed by atoms with Gasteiger partial charge in [0.15, 0.2) is 0 Å². The first-order valence-corrected chi connectivity index (χ1v) is 14.5. The van der Waals surface area contributed by atoms with E-state index in [0.29, 0.717) is 11.4 Å². The van der Waals surface area contributed by atoms with Crippen molar-refractivity contribution >= 4 is 22.6 Å². The average Bonchev–Trinajstić information content (AvgIpc) is 3.67. The van der Waals surface area contributed by atoms with E-state index in [9.17, 15) is 13.4 Å². The molecular formula is C31H31FN4O2S. The number of nitrogens with one attached hydrogen (secondary N) is 1. The van der Waals surface area contributed by atoms with Gasteiger partial charge in [-0.05, 0) is 84.7 Å². The highest BCUT2D eigenvalue weighted by molar-refractivity contribution is 7.83. The van der Waals surface area contributed by atoms with E-state index in [1.165, 1.54) is 23.3 Å². The van der Waals surface area contributed by atoms with Crippen molar-refractivity contribution < 1.29 is 13.4 Å². The molecule has 1 heterocycles. The summed E-state index contributed by atoms with van der Waals surface area (Å²) in [5, 5.41) is 0. The van der Waals surface area contributed by atoms with Crippen molar-refractivity contribution in [2.75, 3.05) is 4.90 Å². The molecule has 39 heavy (non-hydrogen) atoms. The van der Waals surface area contributed by atoms with E-state index in [1.807, 2.05) is 47.0 Å². The third kappa shape index (κ3) is 5.44. The lowest BCUT2D eigenvalue weighted by molar-refractivity contribution is -0.120. The standard InChI is InChI=1S/C31H31FN4O2S/c1-35-17-16-33-30(35)20-36(31(37)28-19-26(28)21-6-3-2-4-7-21)24-13-10-22-8-5-9-29(27(22)18-24)34-39(38)25-14-11-23(32)12-15-25/h2-4,6-7,10-18,26,28-29,34H,5,8-9,19-20H2,1H3/t26-,28+,29?,39?/m1/s1. The molecule has 4 aromatic rings. The molecule has 4 atom stereocenters. The number of carbonyl (C=O) groups is 1. The van der Waals surface area contributed by atoms with Gasteiger partial charge in [0.1, 0.15) is 22.6 Å². The van der Waals surface area contributed by atoms with Crippen molar-refractivity contribution in [3.8, 4) is 0 Å². The zero-order valence-corrected chi connectivity index (χ0v) is 22.6. The Morgan fingerprint density at radius 2 is 1.92 bits per heavy atom. The Hall–Kier alpha value is -3.62. The maximum Gasteiger partial charge on any atom is 0.231 e. The number of amides is 1. The Bertz CT molecular complexity index is 1500. The van der Waals surface area contributed by atoms with E-state index < -0.39 is 11.0 Å². The average molecular weight is 543 g/mol. The molecule has 1 saturated carbocycles. The van der Waals surface area contributed by atoms with Gasteiger partial charge >= 0.3 is 0 Å². The van der Waals surface area contributed by atoms with E-state index in [0.717, 1.165) is 42.8 Å². The normalized spacial score (nSPS) is 20.7. The highest BCUT2D eigenvalue weighted by Crippen LogP contribution is 2.49. The molecule has 2 unspecified atom stereocenters. The molecule has 1 N–H and O–H groups in total. The minimum absolute atomic E-state index is 0.0661. The summed E-state index contributed by atoms with van der Waals surface area (Å²) < 4.78 is 31.7. The van der Waals surface area contributed by atoms with Gasteiger partial charge in [0.05, 0.1) is 11.4 Å². The minimum Gasteiger partial charge on any atom is -0.337 e. The Kier molecular flexibility index (Phi) is 7.14. The topological polar surface area (TPSA) is 67.2 Å². The van der Waals surface area contributed by atoms with Crippen molar-refractivity contribution in [3.63, 3.8) is 0 Å². The van der Waals surface area contributed by atoms with E-state index in [-0.39, 0.29) is 29.6 Å². The van der Waals surface area contributed by atoms with Crippen molar-refractivity contribution in [2.45, 2.75) is 49.1 Å². The van der Waals surface area contributed by atoms with Gasteiger partial charge in [0, 0.05) is 37.1 Å². The highest BCUT2D eigenvalue weighted by Gasteiger charge is 2.46. The molecule has 2 aliphatic carbocycles. The number of aromatic nitrogens is 2. The van der Waals surface area contributed by atoms with E-state index in [2.05, 4.69) is 34.0 Å². The fraction of sp³-hybridized carbons (Fsp3) is 0.290. The van der Waals surface area contributed by atoms with Gasteiger partial charge in [-0.2, -0.15) is 0 Å². The van der Waals surface area contributed by atoms with E-state index >= 15 is 0 Å². The molecule has 0 aliphatic heterocycles. The van der Waals surface area contributed by atoms with Gasteiger partial charge in [0.25, 0.3) is 0 Å². The summed E-state index contributed by atoms with van der Waals surface area (Å²) in [6, 6.07) is 22.0. The fourth-order valence-electron chi connectivity index (χ4n) is 5.56. The number of benzene rings is 3. The summed E-state index contributed by atoms with van der Waals surface area (Å²) in [7, 11) is 0.451. The van der Waals surface area contributed by atoms with Crippen LogP contribution >= 0.6 is 0 Å². The second kappa shape index (κ2) is 10.9. The van der Waals surface area contributed by atoms with Gasteiger partial charge in [-0.1, -0.05) is 36.4 Å². The lowest BCUT2D eigenvalue weighted by Crippen LogP contribution is -2.34. The molecule has 0 spiro atoms. The Balaban J connectivity index is 1.29. The highest BCUT2D eigenvalue weighted by atomic mass is 32.2. The van der Waals surface area contributed by atoms with Crippen LogP contribution < -0.4 is 9.62 Å². The van der Waals surface area contributed by atoms with Crippen LogP contribution in [0, 0.1) is 11.7 Å². The number of aryl methyl sites for hydroxylation is 2. The molecule has 8 heteroatoms. The van der Waals surface area contributed by atoms with Crippen LogP contribution in [0.25, 0.3) is 0 Å². The van der Waals surface area contributed by atoms with Gasteiger partial charge in [-0.3, -0.25) is 4.79 Å². The van der Waals surface area contributed by atoms with Gasteiger partial charge < -0.3 is 9.47 Å². The quantitative estimate of drug-likeness (QED) is 0.316. The molecule has 1 amide bonds. The predicted molar refractivity (Wildman–Crippen MR) is 150 cm³/mol. The van der Waals surface area contributed by atoms with Gasteiger partial charge in [0.2, 0.25) is 5.91 Å². The number of imidazole rings is 1. The molecule has 1 aromatic heterocycles. The maximum absolute atomic E-state index is 14.0. The molecule has 0 radical (unpaired) electrons. The SMILES string of the molecule is Cn1ccnc1CN(C(=O)[C@H]1C[C@@H]1c1ccccc1)c1ccc2c(c1)C(NS(=O)c1ccc(F)cc1)CCC2. The number of fused-ring (bicyclic) bond motifs is 1. The summed E-state index contributed by atoms with van der Waals surface area (Å²) >= 11 is 0. The lowest BCUT2D eigenvalue weighted by Gasteiger charge is -2.29. The number of anilines is 1. The molecule has 0 bridgehead atoms. The zero-order valence-electron chi connectivity index (χ0n) is 21.8. The molecule has 1 fully saturated rings. The summed E-state index contributed by atoms with van der Waals surface area (Å²) in [4.78, 5) is 20.8. The first-order chi connectivity index (χ1) is 19.0. The minimum atomic E-state index is -1.49. The third-order valence-corrected chi connectivity index (χ3v) is 9.05. The maximum atomic E-state index is 14.0. The fourth-order valence-corrected chi connectivity index (χ4v) is 6.58. The van der Waals surface area contributed by atoms with Gasteiger partial charge in [-0.15, -0.1) is 0 Å². The van der Waals surface area contributed by atoms with Crippen LogP contribution in [0.4, 0.5) is 10.1 Å². The number of carbonyl (C=O) groups excluding carboxylic acids is 1. The lowest BCUT2D eigenvalue weighted by atomic mass is 9.87. The Labute approximate surface area is 230 Å². The van der Waals surface area contributed by atoms with Crippen molar-refractivity contribution in [2.24, 2.45) is 13.0 Å². The Morgan fingerprint density at radius 3 is 2.67 bits per heavy atom. The van der Waals surface area contributed by atoms with Crippen LogP contribution in [0.5, 0.6) is 0 Å². The molecule has 6 rings (SSSR count). The monoisotopic (exact) mass is 542 g/mol. The second-order valence-corrected chi connectivity index (χ2v) is 11.7. The Morgan fingerprint density at radius 1 is 1.13 bits per heavy atom. The van der Waals surface area contributed by atoms with Crippen LogP contribution in [-0.2, 0) is 35.8 Å². The van der Waals surface area contributed by atoms with Crippen molar-refractivity contribution in [1.82, 2.24) is 14.3 Å². The molecule has 0 saturated heterocycles. The number of nitrogens with zero attached hydrogens (tertiary/aromatic N) is 3. The van der Waals surface area contributed by atoms with Crippen LogP contribution in [0.3, 0.4) is 0 Å². The summed E-state index contributed by atoms with van der Waals surface area (Å²) in [5.74, 6) is 0.717. The van der Waals surface area contributed by atoms with Gasteiger partial charge in [-0.25, -0.2) is 18.3 Å². The molecule has 2 aliphatic rings. The first kappa shape index (κ1) is 25.6. The summed E-state index contributed by atoms with van der Waals surface area (Å²) in [6.07, 6.45) is 7.21. The smallest absolute Gasteiger partial charge is 0.231 e. The van der Waals surface area contributed by atoms with E-state index in [1.54, 1.807) is 18.3 Å². The summed E-state index contributed by atoms with van der Waals surface area (Å²) in [6.45, 7) is 0.374. The van der Waals surface area contributed by atoms with Crippen LogP contribution in [0.1, 0.15) is 53.7 Å². The number of hydrogen-bond acceptors (Lipinski definition) is 3. The zero-order chi connectivity index (χ0) is 26.9. The molecule has 200 valence electrons. The number of hydrogen-bond donors (Lipinski definition) is 1. The van der Waals surface area contributed by atoms with Crippen LogP contribution in [0.2, 0.25) is 0 Å². The molecule has 3 aromatic carbocycles. The summed E-state index contributed by atoms with van der Waals surface area (Å²) in [5.41, 5.74) is 4.27. The number of halogens is 1. The largest absolute Gasteiger partial charge is 0.337 e. The number of rotatable bonds is 8. The molecule has 6 nitrogen and oxygen atoms in total. The van der Waals surface area contributed by atoms with Crippen molar-refractivity contribution in [3.05, 3.63) is 114 Å². The molecular weight excluding hydrogens is 511 g/mol. The van der Waals surface area contributed by atoms with Crippen molar-refractivity contribution in [1.29, 1.82) is 0 Å². The van der Waals surface area contributed by atoms with Crippen LogP contribution in [-0.4, -0.2) is 19.7 Å². The van der Waals surface area contributed by atoms with Crippen LogP contribution in [0.15, 0.2) is 90.1 Å². The first-order valence-electron chi connectivity index (χ1n) is 13.4. The third-order valence-electron chi connectivity index (χ3n) is 7.85. The second-order valence-electron chi connectivity index (χ2n) is 10.4.